The summed E-state index contributed by atoms with van der Waals surface area (Å²) >= 11 is 0. The maximum Gasteiger partial charge on any atom is 0.416 e. The minimum atomic E-state index is -4.52. The molecule has 0 unspecified atom stereocenters. The van der Waals surface area contributed by atoms with E-state index in [1.165, 1.54) is 22.8 Å². The summed E-state index contributed by atoms with van der Waals surface area (Å²) in [5.74, 6) is -0.897. The van der Waals surface area contributed by atoms with E-state index < -0.39 is 23.2 Å². The molecule has 1 heterocycles. The summed E-state index contributed by atoms with van der Waals surface area (Å²) < 4.78 is 40.2. The van der Waals surface area contributed by atoms with Crippen LogP contribution >= 0.6 is 0 Å². The van der Waals surface area contributed by atoms with E-state index in [1.807, 2.05) is 26.0 Å². The van der Waals surface area contributed by atoms with Crippen LogP contribution in [0, 0.1) is 13.8 Å². The van der Waals surface area contributed by atoms with Crippen molar-refractivity contribution >= 4 is 17.4 Å². The van der Waals surface area contributed by atoms with Crippen LogP contribution in [0.2, 0.25) is 0 Å². The molecule has 0 bridgehead atoms. The summed E-state index contributed by atoms with van der Waals surface area (Å²) in [4.78, 5) is 39.0. The number of anilines is 1. The van der Waals surface area contributed by atoms with Gasteiger partial charge in [0.25, 0.3) is 11.5 Å². The van der Waals surface area contributed by atoms with E-state index in [0.29, 0.717) is 24.2 Å². The number of nitrogens with zero attached hydrogens (tertiary/aromatic N) is 1. The zero-order valence-corrected chi connectivity index (χ0v) is 18.0. The second kappa shape index (κ2) is 8.35. The Morgan fingerprint density at radius 3 is 2.30 bits per heavy atom. The molecular weight excluding hydrogens is 433 g/mol. The number of hydrogen-bond donors (Lipinski definition) is 1. The summed E-state index contributed by atoms with van der Waals surface area (Å²) in [5, 5.41) is 2.71. The monoisotopic (exact) mass is 454 g/mol. The molecule has 1 aliphatic rings. The lowest BCUT2D eigenvalue weighted by atomic mass is 9.92. The SMILES string of the molecule is Cc1ccc(NC(=O)c2cc3c(n(-c4ccc(C(F)(F)F)cc4)c2=O)CCCC3=O)c(C)c1. The maximum absolute atomic E-state index is 13.4. The number of rotatable bonds is 3. The number of nitrogens with one attached hydrogen (secondary N) is 1. The van der Waals surface area contributed by atoms with Crippen LogP contribution in [0.15, 0.2) is 53.3 Å². The molecule has 1 amide bonds. The topological polar surface area (TPSA) is 68.2 Å². The third-order valence-electron chi connectivity index (χ3n) is 5.75. The number of halogens is 3. The Kier molecular flexibility index (Phi) is 5.69. The molecule has 0 atom stereocenters. The minimum Gasteiger partial charge on any atom is -0.322 e. The van der Waals surface area contributed by atoms with Crippen molar-refractivity contribution in [2.75, 3.05) is 5.32 Å². The number of pyridine rings is 1. The molecule has 0 spiro atoms. The van der Waals surface area contributed by atoms with E-state index in [4.69, 9.17) is 0 Å². The minimum absolute atomic E-state index is 0.167. The van der Waals surface area contributed by atoms with Gasteiger partial charge in [0.2, 0.25) is 0 Å². The van der Waals surface area contributed by atoms with Crippen molar-refractivity contribution in [1.29, 1.82) is 0 Å². The zero-order chi connectivity index (χ0) is 23.9. The van der Waals surface area contributed by atoms with Crippen molar-refractivity contribution in [2.45, 2.75) is 39.3 Å². The quantitative estimate of drug-likeness (QED) is 0.588. The van der Waals surface area contributed by atoms with E-state index in [9.17, 15) is 27.6 Å². The van der Waals surface area contributed by atoms with Crippen molar-refractivity contribution in [1.82, 2.24) is 4.57 Å². The fourth-order valence-electron chi connectivity index (χ4n) is 4.07. The largest absolute Gasteiger partial charge is 0.416 e. The normalized spacial score (nSPS) is 13.5. The first-order chi connectivity index (χ1) is 15.6. The van der Waals surface area contributed by atoms with Gasteiger partial charge < -0.3 is 5.32 Å². The number of ketones is 1. The molecule has 0 saturated carbocycles. The van der Waals surface area contributed by atoms with E-state index in [0.717, 1.165) is 23.3 Å². The lowest BCUT2D eigenvalue weighted by molar-refractivity contribution is -0.137. The fourth-order valence-corrected chi connectivity index (χ4v) is 4.07. The zero-order valence-electron chi connectivity index (χ0n) is 18.0. The molecule has 33 heavy (non-hydrogen) atoms. The Labute approximate surface area is 187 Å². The Bertz CT molecular complexity index is 1320. The van der Waals surface area contributed by atoms with E-state index in [1.54, 1.807) is 6.07 Å². The first-order valence-corrected chi connectivity index (χ1v) is 10.4. The van der Waals surface area contributed by atoms with E-state index in [2.05, 4.69) is 5.32 Å². The highest BCUT2D eigenvalue weighted by Gasteiger charge is 2.31. The number of aryl methyl sites for hydroxylation is 2. The number of aromatic nitrogens is 1. The molecular formula is C25H21F3N2O3. The van der Waals surface area contributed by atoms with Gasteiger partial charge in [-0.15, -0.1) is 0 Å². The molecule has 0 saturated heterocycles. The number of carbonyl (C=O) groups is 2. The van der Waals surface area contributed by atoms with Crippen LogP contribution in [-0.2, 0) is 12.6 Å². The molecule has 0 aliphatic heterocycles. The Balaban J connectivity index is 1.84. The molecule has 0 fully saturated rings. The van der Waals surface area contributed by atoms with Crippen molar-refractivity contribution in [3.63, 3.8) is 0 Å². The number of hydrogen-bond acceptors (Lipinski definition) is 3. The molecule has 4 rings (SSSR count). The molecule has 1 aromatic heterocycles. The average Bonchev–Trinajstić information content (AvgIpc) is 2.75. The van der Waals surface area contributed by atoms with Gasteiger partial charge in [0, 0.05) is 29.1 Å². The van der Waals surface area contributed by atoms with Gasteiger partial charge in [-0.05, 0) is 68.7 Å². The Hall–Kier alpha value is -3.68. The molecule has 5 nitrogen and oxygen atoms in total. The maximum atomic E-state index is 13.4. The highest BCUT2D eigenvalue weighted by atomic mass is 19.4. The number of Topliss-reactive ketones (excluding diaryl/α,β-unsaturated/α-hetero) is 1. The highest BCUT2D eigenvalue weighted by Crippen LogP contribution is 2.30. The Morgan fingerprint density at radius 1 is 0.970 bits per heavy atom. The highest BCUT2D eigenvalue weighted by molar-refractivity contribution is 6.07. The van der Waals surface area contributed by atoms with Gasteiger partial charge in [-0.25, -0.2) is 0 Å². The van der Waals surface area contributed by atoms with Crippen molar-refractivity contribution in [3.05, 3.63) is 92.4 Å². The standard InChI is InChI=1S/C25H21F3N2O3/c1-14-6-11-20(15(2)12-14)29-23(32)19-13-18-21(4-3-5-22(18)31)30(24(19)33)17-9-7-16(8-10-17)25(26,27)28/h6-13H,3-5H2,1-2H3,(H,29,32). The molecule has 1 aliphatic carbocycles. The summed E-state index contributed by atoms with van der Waals surface area (Å²) in [5.41, 5.74) is 1.36. The molecule has 1 N–H and O–H groups in total. The second-order valence-corrected chi connectivity index (χ2v) is 8.15. The van der Waals surface area contributed by atoms with Crippen LogP contribution in [-0.4, -0.2) is 16.3 Å². The van der Waals surface area contributed by atoms with Crippen LogP contribution < -0.4 is 10.9 Å². The summed E-state index contributed by atoms with van der Waals surface area (Å²) in [6.45, 7) is 3.73. The van der Waals surface area contributed by atoms with Crippen LogP contribution in [0.1, 0.15) is 55.9 Å². The lowest BCUT2D eigenvalue weighted by Crippen LogP contribution is -2.33. The van der Waals surface area contributed by atoms with E-state index >= 15 is 0 Å². The molecule has 8 heteroatoms. The van der Waals surface area contributed by atoms with Gasteiger partial charge in [0.15, 0.2) is 5.78 Å². The second-order valence-electron chi connectivity index (χ2n) is 8.15. The van der Waals surface area contributed by atoms with Gasteiger partial charge in [-0.1, -0.05) is 17.7 Å². The number of benzene rings is 2. The third-order valence-corrected chi connectivity index (χ3v) is 5.75. The first-order valence-electron chi connectivity index (χ1n) is 10.4. The number of amides is 1. The Morgan fingerprint density at radius 2 is 1.67 bits per heavy atom. The first kappa shape index (κ1) is 22.5. The third kappa shape index (κ3) is 4.33. The number of fused-ring (bicyclic) bond motifs is 1. The van der Waals surface area contributed by atoms with Crippen molar-refractivity contribution in [2.24, 2.45) is 0 Å². The predicted octanol–water partition coefficient (Wildman–Crippen LogP) is 5.24. The average molecular weight is 454 g/mol. The van der Waals surface area contributed by atoms with Crippen LogP contribution in [0.3, 0.4) is 0 Å². The van der Waals surface area contributed by atoms with Gasteiger partial charge in [0.1, 0.15) is 5.56 Å². The molecule has 170 valence electrons. The molecule has 3 aromatic rings. The van der Waals surface area contributed by atoms with Crippen LogP contribution in [0.5, 0.6) is 0 Å². The smallest absolute Gasteiger partial charge is 0.322 e. The number of carbonyl (C=O) groups excluding carboxylic acids is 2. The van der Waals surface area contributed by atoms with E-state index in [-0.39, 0.29) is 29.0 Å². The predicted molar refractivity (Wildman–Crippen MR) is 118 cm³/mol. The van der Waals surface area contributed by atoms with Gasteiger partial charge in [0.05, 0.1) is 5.56 Å². The van der Waals surface area contributed by atoms with Crippen molar-refractivity contribution in [3.8, 4) is 5.69 Å². The molecule has 0 radical (unpaired) electrons. The lowest BCUT2D eigenvalue weighted by Gasteiger charge is -2.22. The van der Waals surface area contributed by atoms with Gasteiger partial charge in [-0.3, -0.25) is 19.0 Å². The summed E-state index contributed by atoms with van der Waals surface area (Å²) in [6, 6.07) is 10.8. The number of alkyl halides is 3. The molecule has 2 aromatic carbocycles. The van der Waals surface area contributed by atoms with Gasteiger partial charge in [-0.2, -0.15) is 13.2 Å². The van der Waals surface area contributed by atoms with Crippen LogP contribution in [0.25, 0.3) is 5.69 Å². The van der Waals surface area contributed by atoms with Crippen molar-refractivity contribution < 1.29 is 22.8 Å². The fraction of sp³-hybridized carbons (Fsp3) is 0.240. The summed E-state index contributed by atoms with van der Waals surface area (Å²) in [6.07, 6.45) is -3.33. The van der Waals surface area contributed by atoms with Gasteiger partial charge >= 0.3 is 6.18 Å². The van der Waals surface area contributed by atoms with Crippen LogP contribution in [0.4, 0.5) is 18.9 Å². The summed E-state index contributed by atoms with van der Waals surface area (Å²) in [7, 11) is 0.